The van der Waals surface area contributed by atoms with E-state index in [-0.39, 0.29) is 0 Å². The Morgan fingerprint density at radius 3 is 2.61 bits per heavy atom. The molecule has 1 nitrogen and oxygen atoms in total. The summed E-state index contributed by atoms with van der Waals surface area (Å²) >= 11 is 3.54. The van der Waals surface area contributed by atoms with Crippen molar-refractivity contribution in [2.45, 2.75) is 51.5 Å². The van der Waals surface area contributed by atoms with Crippen LogP contribution < -0.4 is 5.32 Å². The molecule has 1 saturated carbocycles. The average Bonchev–Trinajstić information content (AvgIpc) is 2.64. The third kappa shape index (κ3) is 4.40. The van der Waals surface area contributed by atoms with E-state index in [0.717, 1.165) is 5.92 Å². The third-order valence-electron chi connectivity index (χ3n) is 4.04. The maximum atomic E-state index is 3.70. The van der Waals surface area contributed by atoms with Gasteiger partial charge in [-0.25, -0.2) is 0 Å². The highest BCUT2D eigenvalue weighted by Gasteiger charge is 2.13. The fourth-order valence-corrected chi connectivity index (χ4v) is 3.22. The molecule has 0 heterocycles. The van der Waals surface area contributed by atoms with E-state index >= 15 is 0 Å². The molecule has 2 heteroatoms. The minimum absolute atomic E-state index is 0.450. The van der Waals surface area contributed by atoms with Gasteiger partial charge >= 0.3 is 0 Å². The Labute approximate surface area is 119 Å². The first-order chi connectivity index (χ1) is 8.75. The van der Waals surface area contributed by atoms with Gasteiger partial charge in [0.1, 0.15) is 0 Å². The minimum Gasteiger partial charge on any atom is -0.310 e. The van der Waals surface area contributed by atoms with E-state index in [4.69, 9.17) is 0 Å². The van der Waals surface area contributed by atoms with E-state index in [0.29, 0.717) is 6.04 Å². The molecule has 2 rings (SSSR count). The van der Waals surface area contributed by atoms with Crippen LogP contribution in [-0.2, 0) is 0 Å². The highest BCUT2D eigenvalue weighted by atomic mass is 79.9. The summed E-state index contributed by atoms with van der Waals surface area (Å²) in [5.74, 6) is 0.891. The van der Waals surface area contributed by atoms with E-state index < -0.39 is 0 Å². The molecule has 1 atom stereocenters. The van der Waals surface area contributed by atoms with Gasteiger partial charge in [0.15, 0.2) is 0 Å². The summed E-state index contributed by atoms with van der Waals surface area (Å²) in [7, 11) is 0. The van der Waals surface area contributed by atoms with Crippen LogP contribution in [0.4, 0.5) is 0 Å². The van der Waals surface area contributed by atoms with E-state index in [2.05, 4.69) is 52.4 Å². The molecule has 0 saturated heterocycles. The number of hydrogen-bond acceptors (Lipinski definition) is 1. The van der Waals surface area contributed by atoms with Crippen LogP contribution in [0, 0.1) is 5.92 Å². The molecular formula is C16H24BrN. The fourth-order valence-electron chi connectivity index (χ4n) is 2.81. The maximum Gasteiger partial charge on any atom is 0.0292 e. The number of benzene rings is 1. The Morgan fingerprint density at radius 1 is 1.22 bits per heavy atom. The van der Waals surface area contributed by atoms with Gasteiger partial charge in [0, 0.05) is 10.5 Å². The van der Waals surface area contributed by atoms with Crippen LogP contribution in [0.15, 0.2) is 28.7 Å². The second kappa shape index (κ2) is 7.30. The first-order valence-electron chi connectivity index (χ1n) is 7.24. The van der Waals surface area contributed by atoms with Crippen LogP contribution in [0.3, 0.4) is 0 Å². The van der Waals surface area contributed by atoms with Gasteiger partial charge in [-0.2, -0.15) is 0 Å². The van der Waals surface area contributed by atoms with Crippen molar-refractivity contribution in [3.8, 4) is 0 Å². The van der Waals surface area contributed by atoms with Crippen molar-refractivity contribution in [2.24, 2.45) is 5.92 Å². The fraction of sp³-hybridized carbons (Fsp3) is 0.625. The van der Waals surface area contributed by atoms with Crippen LogP contribution >= 0.6 is 15.9 Å². The summed E-state index contributed by atoms with van der Waals surface area (Å²) in [4.78, 5) is 0. The summed E-state index contributed by atoms with van der Waals surface area (Å²) in [6.07, 6.45) is 8.57. The first kappa shape index (κ1) is 14.1. The van der Waals surface area contributed by atoms with Gasteiger partial charge in [0.05, 0.1) is 0 Å². The smallest absolute Gasteiger partial charge is 0.0292 e. The lowest BCUT2D eigenvalue weighted by molar-refractivity contribution is 0.403. The summed E-state index contributed by atoms with van der Waals surface area (Å²) < 4.78 is 1.17. The summed E-state index contributed by atoms with van der Waals surface area (Å²) in [6, 6.07) is 9.07. The standard InChI is InChI=1S/C16H24BrN/c1-13(15-9-6-10-16(17)11-15)18-12-14-7-4-2-3-5-8-14/h6,9-11,13-14,18H,2-5,7-8,12H2,1H3. The van der Waals surface area contributed by atoms with Crippen LogP contribution in [0.25, 0.3) is 0 Å². The quantitative estimate of drug-likeness (QED) is 0.766. The summed E-state index contributed by atoms with van der Waals surface area (Å²) in [5.41, 5.74) is 1.37. The monoisotopic (exact) mass is 309 g/mol. The topological polar surface area (TPSA) is 12.0 Å². The van der Waals surface area contributed by atoms with Crippen LogP contribution in [-0.4, -0.2) is 6.54 Å². The molecule has 1 aromatic carbocycles. The molecule has 0 bridgehead atoms. The van der Waals surface area contributed by atoms with Crippen molar-refractivity contribution in [3.63, 3.8) is 0 Å². The molecule has 1 aliphatic carbocycles. The highest BCUT2D eigenvalue weighted by molar-refractivity contribution is 9.10. The second-order valence-electron chi connectivity index (χ2n) is 5.54. The van der Waals surface area contributed by atoms with Crippen molar-refractivity contribution in [1.82, 2.24) is 5.32 Å². The SMILES string of the molecule is CC(NCC1CCCCCC1)c1cccc(Br)c1. The van der Waals surface area contributed by atoms with Gasteiger partial charge in [-0.15, -0.1) is 0 Å². The molecule has 0 spiro atoms. The van der Waals surface area contributed by atoms with Crippen molar-refractivity contribution < 1.29 is 0 Å². The largest absolute Gasteiger partial charge is 0.310 e. The van der Waals surface area contributed by atoms with E-state index in [1.807, 2.05) is 0 Å². The predicted octanol–water partition coefficient (Wildman–Crippen LogP) is 5.07. The molecular weight excluding hydrogens is 286 g/mol. The van der Waals surface area contributed by atoms with Gasteiger partial charge in [-0.1, -0.05) is 53.7 Å². The highest BCUT2D eigenvalue weighted by Crippen LogP contribution is 2.23. The van der Waals surface area contributed by atoms with E-state index in [1.165, 1.54) is 55.1 Å². The maximum absolute atomic E-state index is 3.70. The molecule has 1 fully saturated rings. The molecule has 1 aliphatic rings. The predicted molar refractivity (Wildman–Crippen MR) is 81.8 cm³/mol. The van der Waals surface area contributed by atoms with Crippen LogP contribution in [0.1, 0.15) is 57.1 Å². The Balaban J connectivity index is 1.82. The van der Waals surface area contributed by atoms with Crippen LogP contribution in [0.2, 0.25) is 0 Å². The molecule has 18 heavy (non-hydrogen) atoms. The molecule has 1 aromatic rings. The lowest BCUT2D eigenvalue weighted by Gasteiger charge is -2.20. The molecule has 1 unspecified atom stereocenters. The average molecular weight is 310 g/mol. The van der Waals surface area contributed by atoms with Gasteiger partial charge < -0.3 is 5.32 Å². The van der Waals surface area contributed by atoms with Gasteiger partial charge in [-0.05, 0) is 49.9 Å². The van der Waals surface area contributed by atoms with Crippen molar-refractivity contribution in [3.05, 3.63) is 34.3 Å². The lowest BCUT2D eigenvalue weighted by Crippen LogP contribution is -2.25. The van der Waals surface area contributed by atoms with Crippen LogP contribution in [0.5, 0.6) is 0 Å². The Kier molecular flexibility index (Phi) is 5.71. The van der Waals surface area contributed by atoms with Crippen molar-refractivity contribution >= 4 is 15.9 Å². The number of rotatable bonds is 4. The Bertz CT molecular complexity index is 356. The zero-order valence-electron chi connectivity index (χ0n) is 11.3. The summed E-state index contributed by atoms with van der Waals surface area (Å²) in [6.45, 7) is 3.44. The molecule has 0 radical (unpaired) electrons. The van der Waals surface area contributed by atoms with Gasteiger partial charge in [-0.3, -0.25) is 0 Å². The number of nitrogens with one attached hydrogen (secondary N) is 1. The third-order valence-corrected chi connectivity index (χ3v) is 4.53. The van der Waals surface area contributed by atoms with E-state index in [9.17, 15) is 0 Å². The second-order valence-corrected chi connectivity index (χ2v) is 6.46. The zero-order valence-corrected chi connectivity index (χ0v) is 12.9. The molecule has 0 amide bonds. The zero-order chi connectivity index (χ0) is 12.8. The van der Waals surface area contributed by atoms with Gasteiger partial charge in [0.25, 0.3) is 0 Å². The number of hydrogen-bond donors (Lipinski definition) is 1. The molecule has 0 aliphatic heterocycles. The normalized spacial score (nSPS) is 19.4. The Morgan fingerprint density at radius 2 is 1.94 bits per heavy atom. The van der Waals surface area contributed by atoms with E-state index in [1.54, 1.807) is 0 Å². The van der Waals surface area contributed by atoms with Gasteiger partial charge in [0.2, 0.25) is 0 Å². The molecule has 1 N–H and O–H groups in total. The lowest BCUT2D eigenvalue weighted by atomic mass is 9.99. The number of halogens is 1. The first-order valence-corrected chi connectivity index (χ1v) is 8.04. The molecule has 100 valence electrons. The van der Waals surface area contributed by atoms with Crippen molar-refractivity contribution in [2.75, 3.05) is 6.54 Å². The summed E-state index contributed by atoms with van der Waals surface area (Å²) in [5, 5.41) is 3.70. The molecule has 0 aromatic heterocycles. The minimum atomic E-state index is 0.450. The van der Waals surface area contributed by atoms with Crippen molar-refractivity contribution in [1.29, 1.82) is 0 Å². The Hall–Kier alpha value is -0.340.